The Morgan fingerprint density at radius 1 is 1.39 bits per heavy atom. The van der Waals surface area contributed by atoms with E-state index in [1.807, 2.05) is 4.68 Å². The van der Waals surface area contributed by atoms with Crippen LogP contribution in [0.15, 0.2) is 12.7 Å². The Balaban J connectivity index is 0.00000144. The summed E-state index contributed by atoms with van der Waals surface area (Å²) < 4.78 is 1.88. The molecular weight excluding hydrogens is 273 g/mol. The van der Waals surface area contributed by atoms with Crippen LogP contribution in [-0.2, 0) is 6.54 Å². The predicted octanol–water partition coefficient (Wildman–Crippen LogP) is 1.18. The lowest BCUT2D eigenvalue weighted by Crippen LogP contribution is -2.43. The quantitative estimate of drug-likeness (QED) is 0.906. The van der Waals surface area contributed by atoms with Gasteiger partial charge in [0, 0.05) is 19.1 Å². The molecule has 5 nitrogen and oxygen atoms in total. The van der Waals surface area contributed by atoms with Crippen molar-refractivity contribution in [2.45, 2.75) is 32.4 Å². The van der Waals surface area contributed by atoms with E-state index in [1.165, 1.54) is 19.4 Å². The van der Waals surface area contributed by atoms with E-state index in [-0.39, 0.29) is 24.8 Å². The van der Waals surface area contributed by atoms with Crippen LogP contribution in [0.4, 0.5) is 0 Å². The van der Waals surface area contributed by atoms with Crippen molar-refractivity contribution < 1.29 is 0 Å². The standard InChI is InChI=1S/C11H21N5.2ClH/c1-10(12)11-3-2-4-15(7-11)5-6-16-9-13-8-14-16;;/h8-11H,2-7,12H2,1H3;2*1H. The van der Waals surface area contributed by atoms with Crippen LogP contribution in [0.1, 0.15) is 19.8 Å². The first-order valence-corrected chi connectivity index (χ1v) is 6.06. The van der Waals surface area contributed by atoms with Crippen LogP contribution in [0, 0.1) is 5.92 Å². The van der Waals surface area contributed by atoms with E-state index >= 15 is 0 Å². The fourth-order valence-electron chi connectivity index (χ4n) is 2.32. The summed E-state index contributed by atoms with van der Waals surface area (Å²) in [5.41, 5.74) is 5.97. The maximum Gasteiger partial charge on any atom is 0.137 e. The third kappa shape index (κ3) is 5.10. The van der Waals surface area contributed by atoms with Crippen molar-refractivity contribution in [2.75, 3.05) is 19.6 Å². The van der Waals surface area contributed by atoms with Crippen molar-refractivity contribution >= 4 is 24.8 Å². The number of piperidine rings is 1. The Morgan fingerprint density at radius 3 is 2.78 bits per heavy atom. The molecular formula is C11H23Cl2N5. The molecule has 2 atom stereocenters. The molecule has 2 rings (SSSR count). The molecule has 1 saturated heterocycles. The number of nitrogens with two attached hydrogens (primary N) is 1. The van der Waals surface area contributed by atoms with Crippen LogP contribution in [0.3, 0.4) is 0 Å². The molecule has 0 aliphatic carbocycles. The van der Waals surface area contributed by atoms with E-state index in [2.05, 4.69) is 21.9 Å². The van der Waals surface area contributed by atoms with Crippen LogP contribution in [0.25, 0.3) is 0 Å². The molecule has 0 bridgehead atoms. The molecule has 2 heterocycles. The second-order valence-electron chi connectivity index (χ2n) is 4.72. The monoisotopic (exact) mass is 295 g/mol. The summed E-state index contributed by atoms with van der Waals surface area (Å²) in [6, 6.07) is 0.314. The smallest absolute Gasteiger partial charge is 0.137 e. The molecule has 1 aromatic rings. The molecule has 7 heteroatoms. The van der Waals surface area contributed by atoms with E-state index in [9.17, 15) is 0 Å². The molecule has 106 valence electrons. The van der Waals surface area contributed by atoms with Crippen LogP contribution < -0.4 is 5.73 Å². The SMILES string of the molecule is CC(N)C1CCCN(CCn2cncn2)C1.Cl.Cl. The van der Waals surface area contributed by atoms with E-state index in [0.29, 0.717) is 12.0 Å². The number of hydrogen-bond acceptors (Lipinski definition) is 4. The van der Waals surface area contributed by atoms with Crippen LogP contribution >= 0.6 is 24.8 Å². The first kappa shape index (κ1) is 17.6. The lowest BCUT2D eigenvalue weighted by Gasteiger charge is -2.34. The zero-order chi connectivity index (χ0) is 11.4. The molecule has 2 N–H and O–H groups in total. The molecule has 1 fully saturated rings. The molecule has 2 unspecified atom stereocenters. The van der Waals surface area contributed by atoms with E-state index in [0.717, 1.165) is 19.6 Å². The largest absolute Gasteiger partial charge is 0.328 e. The second-order valence-corrected chi connectivity index (χ2v) is 4.72. The van der Waals surface area contributed by atoms with Crippen molar-refractivity contribution in [3.63, 3.8) is 0 Å². The molecule has 0 aromatic carbocycles. The third-order valence-electron chi connectivity index (χ3n) is 3.40. The summed E-state index contributed by atoms with van der Waals surface area (Å²) in [5, 5.41) is 4.11. The predicted molar refractivity (Wildman–Crippen MR) is 77.3 cm³/mol. The summed E-state index contributed by atoms with van der Waals surface area (Å²) in [7, 11) is 0. The Morgan fingerprint density at radius 2 is 2.17 bits per heavy atom. The number of aromatic nitrogens is 3. The highest BCUT2D eigenvalue weighted by Crippen LogP contribution is 2.18. The molecule has 18 heavy (non-hydrogen) atoms. The summed E-state index contributed by atoms with van der Waals surface area (Å²) in [6.45, 7) is 6.41. The minimum atomic E-state index is 0. The van der Waals surface area contributed by atoms with Gasteiger partial charge in [-0.1, -0.05) is 0 Å². The Hall–Kier alpha value is -0.360. The van der Waals surface area contributed by atoms with Crippen molar-refractivity contribution in [1.82, 2.24) is 19.7 Å². The van der Waals surface area contributed by atoms with Gasteiger partial charge in [0.2, 0.25) is 0 Å². The van der Waals surface area contributed by atoms with Crippen molar-refractivity contribution in [3.05, 3.63) is 12.7 Å². The zero-order valence-electron chi connectivity index (χ0n) is 10.7. The molecule has 0 radical (unpaired) electrons. The van der Waals surface area contributed by atoms with Gasteiger partial charge in [0.15, 0.2) is 0 Å². The van der Waals surface area contributed by atoms with Crippen molar-refractivity contribution in [1.29, 1.82) is 0 Å². The van der Waals surface area contributed by atoms with Crippen molar-refractivity contribution in [2.24, 2.45) is 11.7 Å². The molecule has 1 aromatic heterocycles. The van der Waals surface area contributed by atoms with E-state index in [4.69, 9.17) is 5.73 Å². The topological polar surface area (TPSA) is 60.0 Å². The average Bonchev–Trinajstić information content (AvgIpc) is 2.79. The number of nitrogens with zero attached hydrogens (tertiary/aromatic N) is 4. The number of hydrogen-bond donors (Lipinski definition) is 1. The zero-order valence-corrected chi connectivity index (χ0v) is 12.4. The summed E-state index contributed by atoms with van der Waals surface area (Å²) in [5.74, 6) is 0.657. The van der Waals surface area contributed by atoms with Gasteiger partial charge in [-0.25, -0.2) is 4.98 Å². The van der Waals surface area contributed by atoms with E-state index in [1.54, 1.807) is 12.7 Å². The third-order valence-corrected chi connectivity index (χ3v) is 3.40. The summed E-state index contributed by atoms with van der Waals surface area (Å²) >= 11 is 0. The van der Waals surface area contributed by atoms with Crippen LogP contribution in [-0.4, -0.2) is 45.3 Å². The minimum Gasteiger partial charge on any atom is -0.328 e. The molecule has 1 aliphatic rings. The Labute approximate surface area is 121 Å². The van der Waals surface area contributed by atoms with Crippen molar-refractivity contribution in [3.8, 4) is 0 Å². The average molecular weight is 296 g/mol. The number of likely N-dealkylation sites (tertiary alicyclic amines) is 1. The first-order chi connectivity index (χ1) is 7.75. The van der Waals surface area contributed by atoms with Gasteiger partial charge >= 0.3 is 0 Å². The van der Waals surface area contributed by atoms with E-state index < -0.39 is 0 Å². The van der Waals surface area contributed by atoms with Gasteiger partial charge in [-0.2, -0.15) is 5.10 Å². The molecule has 1 aliphatic heterocycles. The summed E-state index contributed by atoms with van der Waals surface area (Å²) in [6.07, 6.45) is 5.90. The Kier molecular flexibility index (Phi) is 8.52. The van der Waals surface area contributed by atoms with Gasteiger partial charge < -0.3 is 10.6 Å². The first-order valence-electron chi connectivity index (χ1n) is 6.06. The normalized spacial score (nSPS) is 21.8. The number of rotatable bonds is 4. The molecule has 0 amide bonds. The lowest BCUT2D eigenvalue weighted by atomic mass is 9.92. The maximum absolute atomic E-state index is 5.97. The van der Waals surface area contributed by atoms with Gasteiger partial charge in [0.05, 0.1) is 6.54 Å². The van der Waals surface area contributed by atoms with Gasteiger partial charge in [0.25, 0.3) is 0 Å². The molecule has 0 spiro atoms. The highest BCUT2D eigenvalue weighted by atomic mass is 35.5. The van der Waals surface area contributed by atoms with Gasteiger partial charge in [-0.15, -0.1) is 24.8 Å². The maximum atomic E-state index is 5.97. The highest BCUT2D eigenvalue weighted by Gasteiger charge is 2.22. The molecule has 0 saturated carbocycles. The van der Waals surface area contributed by atoms with Gasteiger partial charge in [-0.3, -0.25) is 4.68 Å². The number of halogens is 2. The van der Waals surface area contributed by atoms with Gasteiger partial charge in [0.1, 0.15) is 12.7 Å². The fraction of sp³-hybridized carbons (Fsp3) is 0.818. The van der Waals surface area contributed by atoms with Crippen LogP contribution in [0.2, 0.25) is 0 Å². The highest BCUT2D eigenvalue weighted by molar-refractivity contribution is 5.85. The fourth-order valence-corrected chi connectivity index (χ4v) is 2.32. The van der Waals surface area contributed by atoms with Gasteiger partial charge in [-0.05, 0) is 32.2 Å². The Bertz CT molecular complexity index is 304. The second kappa shape index (κ2) is 8.69. The van der Waals surface area contributed by atoms with Crippen LogP contribution in [0.5, 0.6) is 0 Å². The lowest BCUT2D eigenvalue weighted by molar-refractivity contribution is 0.155. The minimum absolute atomic E-state index is 0. The summed E-state index contributed by atoms with van der Waals surface area (Å²) in [4.78, 5) is 6.43.